The Morgan fingerprint density at radius 3 is 2.73 bits per heavy atom. The van der Waals surface area contributed by atoms with E-state index >= 15 is 0 Å². The zero-order chi connectivity index (χ0) is 18.7. The van der Waals surface area contributed by atoms with Gasteiger partial charge in [-0.2, -0.15) is 4.98 Å². The van der Waals surface area contributed by atoms with Crippen LogP contribution in [0.15, 0.2) is 24.3 Å². The van der Waals surface area contributed by atoms with Crippen molar-refractivity contribution in [1.82, 2.24) is 24.9 Å². The molecule has 0 saturated heterocycles. The van der Waals surface area contributed by atoms with Gasteiger partial charge in [-0.1, -0.05) is 37.1 Å². The van der Waals surface area contributed by atoms with E-state index in [1.54, 1.807) is 10.6 Å². The molecule has 2 heterocycles. The van der Waals surface area contributed by atoms with Crippen molar-refractivity contribution in [3.63, 3.8) is 0 Å². The number of rotatable bonds is 6. The molecule has 26 heavy (non-hydrogen) atoms. The van der Waals surface area contributed by atoms with E-state index in [9.17, 15) is 4.79 Å². The number of aryl methyl sites for hydroxylation is 2. The van der Waals surface area contributed by atoms with Crippen LogP contribution >= 0.6 is 11.6 Å². The predicted octanol–water partition coefficient (Wildman–Crippen LogP) is 3.52. The number of halogens is 1. The molecule has 0 aliphatic carbocycles. The molecule has 1 aromatic carbocycles. The Morgan fingerprint density at radius 2 is 2.00 bits per heavy atom. The highest BCUT2D eigenvalue weighted by Gasteiger charge is 2.17. The van der Waals surface area contributed by atoms with E-state index in [1.807, 2.05) is 32.0 Å². The van der Waals surface area contributed by atoms with Crippen LogP contribution in [0.25, 0.3) is 17.2 Å². The van der Waals surface area contributed by atoms with Crippen molar-refractivity contribution in [2.75, 3.05) is 6.54 Å². The number of fused-ring (bicyclic) bond motifs is 1. The van der Waals surface area contributed by atoms with E-state index in [0.29, 0.717) is 23.2 Å². The van der Waals surface area contributed by atoms with Crippen LogP contribution in [0.4, 0.5) is 0 Å². The average molecular weight is 372 g/mol. The second kappa shape index (κ2) is 7.83. The number of aromatic nitrogens is 4. The topological polar surface area (TPSA) is 72.2 Å². The summed E-state index contributed by atoms with van der Waals surface area (Å²) in [5.74, 6) is 1.03. The number of nitrogens with one attached hydrogen (secondary N) is 1. The molecule has 0 fully saturated rings. The van der Waals surface area contributed by atoms with E-state index < -0.39 is 0 Å². The Kier molecular flexibility index (Phi) is 5.52. The van der Waals surface area contributed by atoms with Gasteiger partial charge in [0.25, 0.3) is 5.78 Å². The molecule has 1 amide bonds. The van der Waals surface area contributed by atoms with Crippen molar-refractivity contribution in [1.29, 1.82) is 0 Å². The molecule has 0 aliphatic heterocycles. The van der Waals surface area contributed by atoms with Crippen LogP contribution in [-0.2, 0) is 11.2 Å². The quantitative estimate of drug-likeness (QED) is 0.673. The molecule has 6 nitrogen and oxygen atoms in total. The lowest BCUT2D eigenvalue weighted by Gasteiger charge is -2.10. The van der Waals surface area contributed by atoms with Gasteiger partial charge in [-0.25, -0.2) is 9.50 Å². The lowest BCUT2D eigenvalue weighted by Crippen LogP contribution is -2.27. The fourth-order valence-corrected chi connectivity index (χ4v) is 3.07. The highest BCUT2D eigenvalue weighted by Crippen LogP contribution is 2.25. The normalized spacial score (nSPS) is 11.1. The lowest BCUT2D eigenvalue weighted by molar-refractivity contribution is -0.120. The van der Waals surface area contributed by atoms with Crippen LogP contribution < -0.4 is 5.32 Å². The molecule has 0 aliphatic rings. The summed E-state index contributed by atoms with van der Waals surface area (Å²) in [5.41, 5.74) is 3.29. The molecular formula is C19H22ClN5O. The largest absolute Gasteiger partial charge is 0.356 e. The van der Waals surface area contributed by atoms with Crippen LogP contribution in [0.5, 0.6) is 0 Å². The molecule has 3 rings (SSSR count). The van der Waals surface area contributed by atoms with Gasteiger partial charge in [0.05, 0.1) is 11.4 Å². The third-order valence-electron chi connectivity index (χ3n) is 4.35. The number of nitrogens with zero attached hydrogens (tertiary/aromatic N) is 4. The summed E-state index contributed by atoms with van der Waals surface area (Å²) >= 11 is 6.26. The van der Waals surface area contributed by atoms with Gasteiger partial charge in [-0.15, -0.1) is 5.10 Å². The van der Waals surface area contributed by atoms with Gasteiger partial charge in [-0.3, -0.25) is 4.79 Å². The van der Waals surface area contributed by atoms with Gasteiger partial charge in [0.1, 0.15) is 0 Å². The molecule has 7 heteroatoms. The first-order valence-corrected chi connectivity index (χ1v) is 9.13. The second-order valence-corrected chi connectivity index (χ2v) is 6.68. The molecule has 136 valence electrons. The molecule has 0 spiro atoms. The number of carbonyl (C=O) groups excluding carboxylic acids is 1. The Labute approximate surface area is 157 Å². The van der Waals surface area contributed by atoms with Gasteiger partial charge in [0.15, 0.2) is 5.82 Å². The first-order chi connectivity index (χ1) is 12.5. The number of carbonyl (C=O) groups is 1. The molecule has 3 aromatic rings. The van der Waals surface area contributed by atoms with Crippen molar-refractivity contribution in [2.45, 2.75) is 40.0 Å². The molecule has 0 bridgehead atoms. The SMILES string of the molecule is CCCCNC(=O)Cc1c(C)nc2nc(-c3ccccc3Cl)nn2c1C. The van der Waals surface area contributed by atoms with Crippen molar-refractivity contribution in [2.24, 2.45) is 0 Å². The number of amides is 1. The minimum absolute atomic E-state index is 0.00255. The minimum atomic E-state index is -0.00255. The third kappa shape index (κ3) is 3.70. The van der Waals surface area contributed by atoms with Gasteiger partial charge in [0, 0.05) is 29.1 Å². The summed E-state index contributed by atoms with van der Waals surface area (Å²) < 4.78 is 1.68. The summed E-state index contributed by atoms with van der Waals surface area (Å²) in [6.07, 6.45) is 2.31. The molecule has 0 unspecified atom stereocenters. The van der Waals surface area contributed by atoms with Crippen molar-refractivity contribution >= 4 is 23.3 Å². The molecular weight excluding hydrogens is 350 g/mol. The molecule has 2 aromatic heterocycles. The van der Waals surface area contributed by atoms with Gasteiger partial charge in [0.2, 0.25) is 5.91 Å². The van der Waals surface area contributed by atoms with Crippen LogP contribution in [0.3, 0.4) is 0 Å². The fraction of sp³-hybridized carbons (Fsp3) is 0.368. The highest BCUT2D eigenvalue weighted by atomic mass is 35.5. The number of benzene rings is 1. The number of hydrogen-bond acceptors (Lipinski definition) is 4. The van der Waals surface area contributed by atoms with Crippen molar-refractivity contribution in [3.8, 4) is 11.4 Å². The Balaban J connectivity index is 1.95. The van der Waals surface area contributed by atoms with Crippen LogP contribution in [0, 0.1) is 13.8 Å². The van der Waals surface area contributed by atoms with Crippen LogP contribution in [0.2, 0.25) is 5.02 Å². The maximum absolute atomic E-state index is 12.2. The van der Waals surface area contributed by atoms with E-state index in [2.05, 4.69) is 27.3 Å². The number of hydrogen-bond donors (Lipinski definition) is 1. The first kappa shape index (κ1) is 18.3. The van der Waals surface area contributed by atoms with E-state index in [1.165, 1.54) is 0 Å². The summed E-state index contributed by atoms with van der Waals surface area (Å²) in [4.78, 5) is 21.2. The van der Waals surface area contributed by atoms with E-state index in [4.69, 9.17) is 11.6 Å². The average Bonchev–Trinajstić information content (AvgIpc) is 3.03. The van der Waals surface area contributed by atoms with Gasteiger partial charge in [-0.05, 0) is 32.4 Å². The van der Waals surface area contributed by atoms with E-state index in [-0.39, 0.29) is 12.3 Å². The van der Waals surface area contributed by atoms with Crippen LogP contribution in [-0.4, -0.2) is 32.0 Å². The van der Waals surface area contributed by atoms with Crippen molar-refractivity contribution < 1.29 is 4.79 Å². The zero-order valence-corrected chi connectivity index (χ0v) is 16.0. The van der Waals surface area contributed by atoms with Gasteiger partial charge >= 0.3 is 0 Å². The fourth-order valence-electron chi connectivity index (χ4n) is 2.85. The Hall–Kier alpha value is -2.47. The highest BCUT2D eigenvalue weighted by molar-refractivity contribution is 6.33. The zero-order valence-electron chi connectivity index (χ0n) is 15.2. The first-order valence-electron chi connectivity index (χ1n) is 8.75. The summed E-state index contributed by atoms with van der Waals surface area (Å²) in [6, 6.07) is 7.44. The van der Waals surface area contributed by atoms with E-state index in [0.717, 1.165) is 35.4 Å². The molecule has 0 radical (unpaired) electrons. The molecule has 1 N–H and O–H groups in total. The standard InChI is InChI=1S/C19H22ClN5O/c1-4-5-10-21-17(26)11-15-12(2)22-19-23-18(24-25(19)13(15)3)14-8-6-7-9-16(14)20/h6-9H,4-5,10-11H2,1-3H3,(H,21,26). The summed E-state index contributed by atoms with van der Waals surface area (Å²) in [6.45, 7) is 6.62. The number of unbranched alkanes of at least 4 members (excludes halogenated alkanes) is 1. The second-order valence-electron chi connectivity index (χ2n) is 6.27. The minimum Gasteiger partial charge on any atom is -0.356 e. The van der Waals surface area contributed by atoms with Gasteiger partial charge < -0.3 is 5.32 Å². The molecule has 0 atom stereocenters. The summed E-state index contributed by atoms with van der Waals surface area (Å²) in [7, 11) is 0. The monoisotopic (exact) mass is 371 g/mol. The Morgan fingerprint density at radius 1 is 1.23 bits per heavy atom. The third-order valence-corrected chi connectivity index (χ3v) is 4.68. The Bertz CT molecular complexity index is 950. The van der Waals surface area contributed by atoms with Crippen molar-refractivity contribution in [3.05, 3.63) is 46.2 Å². The lowest BCUT2D eigenvalue weighted by atomic mass is 10.1. The molecule has 0 saturated carbocycles. The smallest absolute Gasteiger partial charge is 0.253 e. The maximum atomic E-state index is 12.2. The van der Waals surface area contributed by atoms with Crippen LogP contribution in [0.1, 0.15) is 36.7 Å². The maximum Gasteiger partial charge on any atom is 0.253 e. The predicted molar refractivity (Wildman–Crippen MR) is 102 cm³/mol. The summed E-state index contributed by atoms with van der Waals surface area (Å²) in [5, 5.41) is 8.09.